The maximum absolute atomic E-state index is 10.1. The van der Waals surface area contributed by atoms with Crippen LogP contribution in [-0.4, -0.2) is 12.6 Å². The smallest absolute Gasteiger partial charge is 0.546 e. The molecule has 0 amide bonds. The SMILES string of the molecule is Cc1ccc(Cl)cc1OCC(=O)[O-].[Na+]. The van der Waals surface area contributed by atoms with Crippen molar-refractivity contribution in [2.45, 2.75) is 6.92 Å². The van der Waals surface area contributed by atoms with Gasteiger partial charge in [-0.15, -0.1) is 0 Å². The number of carbonyl (C=O) groups excluding carboxylic acids is 1. The van der Waals surface area contributed by atoms with Gasteiger partial charge in [0, 0.05) is 5.02 Å². The summed E-state index contributed by atoms with van der Waals surface area (Å²) in [7, 11) is 0. The zero-order valence-electron chi connectivity index (χ0n) is 8.04. The number of ether oxygens (including phenoxy) is 1. The normalized spacial score (nSPS) is 9.00. The third kappa shape index (κ3) is 4.33. The van der Waals surface area contributed by atoms with Crippen LogP contribution in [0.4, 0.5) is 0 Å². The van der Waals surface area contributed by atoms with Gasteiger partial charge in [0.1, 0.15) is 12.4 Å². The third-order valence-corrected chi connectivity index (χ3v) is 1.73. The van der Waals surface area contributed by atoms with E-state index < -0.39 is 12.6 Å². The molecule has 0 fully saturated rings. The predicted octanol–water partition coefficient (Wildman–Crippen LogP) is -2.22. The van der Waals surface area contributed by atoms with Crippen molar-refractivity contribution in [3.63, 3.8) is 0 Å². The van der Waals surface area contributed by atoms with Crippen LogP contribution in [0.2, 0.25) is 5.02 Å². The van der Waals surface area contributed by atoms with E-state index in [1.165, 1.54) is 0 Å². The molecule has 0 atom stereocenters. The molecule has 0 heterocycles. The number of carboxylic acid groups (broad SMARTS) is 1. The van der Waals surface area contributed by atoms with Gasteiger partial charge in [-0.2, -0.15) is 0 Å². The van der Waals surface area contributed by atoms with Gasteiger partial charge >= 0.3 is 29.6 Å². The minimum absolute atomic E-state index is 0. The Morgan fingerprint density at radius 1 is 1.57 bits per heavy atom. The molecule has 0 bridgehead atoms. The molecule has 0 saturated carbocycles. The van der Waals surface area contributed by atoms with Crippen molar-refractivity contribution in [2.24, 2.45) is 0 Å². The Bertz CT molecular complexity index is 328. The number of carbonyl (C=O) groups is 1. The summed E-state index contributed by atoms with van der Waals surface area (Å²) in [6.07, 6.45) is 0. The second-order valence-corrected chi connectivity index (χ2v) is 3.01. The van der Waals surface area contributed by atoms with Gasteiger partial charge in [0.15, 0.2) is 0 Å². The molecule has 70 valence electrons. The van der Waals surface area contributed by atoms with Gasteiger partial charge in [0.2, 0.25) is 0 Å². The van der Waals surface area contributed by atoms with Crippen LogP contribution in [0.25, 0.3) is 0 Å². The van der Waals surface area contributed by atoms with Gasteiger partial charge in [-0.1, -0.05) is 17.7 Å². The second-order valence-electron chi connectivity index (χ2n) is 2.57. The van der Waals surface area contributed by atoms with E-state index in [4.69, 9.17) is 16.3 Å². The van der Waals surface area contributed by atoms with Gasteiger partial charge in [-0.05, 0) is 24.6 Å². The molecule has 0 aliphatic rings. The van der Waals surface area contributed by atoms with Crippen LogP contribution in [0, 0.1) is 6.92 Å². The van der Waals surface area contributed by atoms with Crippen molar-refractivity contribution in [1.82, 2.24) is 0 Å². The summed E-state index contributed by atoms with van der Waals surface area (Å²) in [5.41, 5.74) is 0.839. The van der Waals surface area contributed by atoms with Gasteiger partial charge in [-0.25, -0.2) is 0 Å². The number of benzene rings is 1. The van der Waals surface area contributed by atoms with E-state index in [9.17, 15) is 9.90 Å². The number of rotatable bonds is 3. The molecule has 1 rings (SSSR count). The third-order valence-electron chi connectivity index (χ3n) is 1.50. The minimum atomic E-state index is -1.25. The van der Waals surface area contributed by atoms with Gasteiger partial charge in [0.25, 0.3) is 0 Å². The summed E-state index contributed by atoms with van der Waals surface area (Å²) in [5, 5.41) is 10.6. The van der Waals surface area contributed by atoms with E-state index in [1.54, 1.807) is 25.1 Å². The van der Waals surface area contributed by atoms with Crippen molar-refractivity contribution < 1.29 is 44.2 Å². The first-order valence-corrected chi connectivity index (χ1v) is 4.06. The maximum Gasteiger partial charge on any atom is 1.00 e. The number of aliphatic carboxylic acids is 1. The summed E-state index contributed by atoms with van der Waals surface area (Å²) in [5.74, 6) is -0.781. The summed E-state index contributed by atoms with van der Waals surface area (Å²) in [6.45, 7) is 1.35. The van der Waals surface area contributed by atoms with Gasteiger partial charge < -0.3 is 14.6 Å². The predicted molar refractivity (Wildman–Crippen MR) is 46.7 cm³/mol. The Kier molecular flexibility index (Phi) is 6.20. The van der Waals surface area contributed by atoms with Crippen LogP contribution in [0.15, 0.2) is 18.2 Å². The molecule has 0 unspecified atom stereocenters. The molecule has 1 aromatic carbocycles. The summed E-state index contributed by atoms with van der Waals surface area (Å²) < 4.78 is 4.93. The molecule has 0 aromatic heterocycles. The zero-order valence-corrected chi connectivity index (χ0v) is 10.8. The molecule has 3 nitrogen and oxygen atoms in total. The Morgan fingerprint density at radius 3 is 2.79 bits per heavy atom. The fourth-order valence-corrected chi connectivity index (χ4v) is 1.03. The van der Waals surface area contributed by atoms with E-state index in [0.717, 1.165) is 5.56 Å². The first kappa shape index (κ1) is 13.8. The average Bonchev–Trinajstić information content (AvgIpc) is 2.06. The summed E-state index contributed by atoms with van der Waals surface area (Å²) in [4.78, 5) is 10.1. The molecule has 0 aliphatic heterocycles. The fourth-order valence-electron chi connectivity index (χ4n) is 0.866. The van der Waals surface area contributed by atoms with Crippen molar-refractivity contribution >= 4 is 17.6 Å². The Labute approximate surface area is 109 Å². The Balaban J connectivity index is 0.00000169. The molecule has 0 radical (unpaired) electrons. The first-order valence-electron chi connectivity index (χ1n) is 3.68. The standard InChI is InChI=1S/C9H9ClO3.Na/c1-6-2-3-7(10)4-8(6)13-5-9(11)12;/h2-4H,5H2,1H3,(H,11,12);/q;+1/p-1. The average molecular weight is 223 g/mol. The molecule has 5 heteroatoms. The molecule has 0 N–H and O–H groups in total. The van der Waals surface area contributed by atoms with Crippen LogP contribution in [0.5, 0.6) is 5.75 Å². The number of aryl methyl sites for hydroxylation is 1. The van der Waals surface area contributed by atoms with Gasteiger partial charge in [-0.3, -0.25) is 0 Å². The maximum atomic E-state index is 10.1. The molecule has 1 aromatic rings. The van der Waals surface area contributed by atoms with Crippen molar-refractivity contribution in [3.8, 4) is 5.75 Å². The number of halogens is 1. The monoisotopic (exact) mass is 222 g/mol. The van der Waals surface area contributed by atoms with Crippen LogP contribution < -0.4 is 39.4 Å². The van der Waals surface area contributed by atoms with Crippen molar-refractivity contribution in [2.75, 3.05) is 6.61 Å². The molecule has 0 aliphatic carbocycles. The van der Waals surface area contributed by atoms with E-state index in [1.807, 2.05) is 0 Å². The number of hydrogen-bond donors (Lipinski definition) is 0. The van der Waals surface area contributed by atoms with Gasteiger partial charge in [0.05, 0.1) is 5.97 Å². The zero-order chi connectivity index (χ0) is 9.84. The fraction of sp³-hybridized carbons (Fsp3) is 0.222. The van der Waals surface area contributed by atoms with Crippen molar-refractivity contribution in [3.05, 3.63) is 28.8 Å². The van der Waals surface area contributed by atoms with E-state index in [2.05, 4.69) is 0 Å². The van der Waals surface area contributed by atoms with E-state index in [-0.39, 0.29) is 29.6 Å². The Morgan fingerprint density at radius 2 is 2.21 bits per heavy atom. The number of hydrogen-bond acceptors (Lipinski definition) is 3. The largest absolute Gasteiger partial charge is 1.00 e. The summed E-state index contributed by atoms with van der Waals surface area (Å²) >= 11 is 5.69. The Hall–Kier alpha value is -0.220. The second kappa shape index (κ2) is 6.30. The van der Waals surface area contributed by atoms with Crippen molar-refractivity contribution in [1.29, 1.82) is 0 Å². The topological polar surface area (TPSA) is 49.4 Å². The van der Waals surface area contributed by atoms with Crippen LogP contribution in [0.3, 0.4) is 0 Å². The molecule has 0 saturated heterocycles. The van der Waals surface area contributed by atoms with E-state index >= 15 is 0 Å². The first-order chi connectivity index (χ1) is 6.09. The van der Waals surface area contributed by atoms with Crippen LogP contribution in [0.1, 0.15) is 5.56 Å². The summed E-state index contributed by atoms with van der Waals surface area (Å²) in [6, 6.07) is 5.04. The minimum Gasteiger partial charge on any atom is -0.546 e. The van der Waals surface area contributed by atoms with Crippen LogP contribution in [-0.2, 0) is 4.79 Å². The molecule has 14 heavy (non-hydrogen) atoms. The number of carboxylic acids is 1. The van der Waals surface area contributed by atoms with Crippen LogP contribution >= 0.6 is 11.6 Å². The molecule has 0 spiro atoms. The molecular formula is C9H8ClNaO3. The molecular weight excluding hydrogens is 215 g/mol. The quantitative estimate of drug-likeness (QED) is 0.545. The van der Waals surface area contributed by atoms with E-state index in [0.29, 0.717) is 10.8 Å².